The van der Waals surface area contributed by atoms with E-state index in [2.05, 4.69) is 27.6 Å². The maximum absolute atomic E-state index is 5.30. The highest BCUT2D eigenvalue weighted by molar-refractivity contribution is 5.63. The van der Waals surface area contributed by atoms with E-state index in [1.165, 1.54) is 17.7 Å². The minimum atomic E-state index is 0.583. The molecule has 0 atom stereocenters. The summed E-state index contributed by atoms with van der Waals surface area (Å²) in [5.74, 6) is 1.27. The largest absolute Gasteiger partial charge is 0.385 e. The van der Waals surface area contributed by atoms with E-state index in [0.717, 1.165) is 18.5 Å². The first kappa shape index (κ1) is 12.2. The van der Waals surface area contributed by atoms with Gasteiger partial charge in [0.2, 0.25) is 0 Å². The van der Waals surface area contributed by atoms with Gasteiger partial charge in [-0.25, -0.2) is 0 Å². The minimum absolute atomic E-state index is 0.583. The van der Waals surface area contributed by atoms with Crippen LogP contribution in [0.15, 0.2) is 22.7 Å². The number of rotatable bonds is 4. The van der Waals surface area contributed by atoms with E-state index in [1.54, 1.807) is 7.11 Å². The molecule has 2 heterocycles. The van der Waals surface area contributed by atoms with E-state index in [0.29, 0.717) is 24.7 Å². The zero-order valence-electron chi connectivity index (χ0n) is 11.0. The molecule has 0 unspecified atom stereocenters. The van der Waals surface area contributed by atoms with Gasteiger partial charge in [0, 0.05) is 31.3 Å². The monoisotopic (exact) mass is 259 g/mol. The van der Waals surface area contributed by atoms with Gasteiger partial charge in [0.25, 0.3) is 5.89 Å². The number of ether oxygens (including phenoxy) is 1. The van der Waals surface area contributed by atoms with Crippen LogP contribution < -0.4 is 5.32 Å². The maximum Gasteiger partial charge on any atom is 0.257 e. The van der Waals surface area contributed by atoms with Crippen LogP contribution in [0, 0.1) is 0 Å². The Morgan fingerprint density at radius 1 is 1.42 bits per heavy atom. The van der Waals surface area contributed by atoms with Gasteiger partial charge in [-0.1, -0.05) is 5.16 Å². The standard InChI is InChI=1S/C14H17N3O2/c1-18-8-6-13-16-14(19-17-13)11-4-5-12-10(9-11)3-2-7-15-12/h4-5,9,15H,2-3,6-8H2,1H3. The van der Waals surface area contributed by atoms with Gasteiger partial charge in [0.15, 0.2) is 5.82 Å². The number of nitrogens with one attached hydrogen (secondary N) is 1. The number of aryl methyl sites for hydroxylation is 1. The fourth-order valence-corrected chi connectivity index (χ4v) is 2.27. The maximum atomic E-state index is 5.30. The Labute approximate surface area is 112 Å². The molecule has 1 N–H and O–H groups in total. The topological polar surface area (TPSA) is 60.2 Å². The third-order valence-corrected chi connectivity index (χ3v) is 3.29. The summed E-state index contributed by atoms with van der Waals surface area (Å²) in [7, 11) is 1.66. The number of fused-ring (bicyclic) bond motifs is 1. The first-order valence-electron chi connectivity index (χ1n) is 6.55. The fourth-order valence-electron chi connectivity index (χ4n) is 2.27. The Kier molecular flexibility index (Phi) is 3.46. The highest BCUT2D eigenvalue weighted by Gasteiger charge is 2.13. The van der Waals surface area contributed by atoms with Gasteiger partial charge in [-0.15, -0.1) is 0 Å². The van der Waals surface area contributed by atoms with Crippen molar-refractivity contribution < 1.29 is 9.26 Å². The molecule has 0 aliphatic carbocycles. The highest BCUT2D eigenvalue weighted by atomic mass is 16.5. The molecule has 1 aliphatic heterocycles. The summed E-state index contributed by atoms with van der Waals surface area (Å²) in [6, 6.07) is 6.24. The summed E-state index contributed by atoms with van der Waals surface area (Å²) in [4.78, 5) is 4.39. The van der Waals surface area contributed by atoms with Crippen LogP contribution in [-0.2, 0) is 17.6 Å². The van der Waals surface area contributed by atoms with Crippen molar-refractivity contribution in [1.82, 2.24) is 10.1 Å². The predicted octanol–water partition coefficient (Wildman–Crippen LogP) is 2.28. The predicted molar refractivity (Wildman–Crippen MR) is 72.1 cm³/mol. The van der Waals surface area contributed by atoms with Crippen molar-refractivity contribution >= 4 is 5.69 Å². The van der Waals surface area contributed by atoms with Crippen molar-refractivity contribution in [2.75, 3.05) is 25.6 Å². The van der Waals surface area contributed by atoms with Crippen LogP contribution >= 0.6 is 0 Å². The van der Waals surface area contributed by atoms with Gasteiger partial charge in [-0.05, 0) is 36.6 Å². The molecule has 1 aliphatic rings. The molecule has 0 saturated heterocycles. The van der Waals surface area contributed by atoms with E-state index >= 15 is 0 Å². The molecule has 1 aromatic heterocycles. The number of hydrogen-bond donors (Lipinski definition) is 1. The number of hydrogen-bond acceptors (Lipinski definition) is 5. The van der Waals surface area contributed by atoms with Gasteiger partial charge >= 0.3 is 0 Å². The first-order valence-corrected chi connectivity index (χ1v) is 6.55. The van der Waals surface area contributed by atoms with Gasteiger partial charge < -0.3 is 14.6 Å². The highest BCUT2D eigenvalue weighted by Crippen LogP contribution is 2.27. The minimum Gasteiger partial charge on any atom is -0.385 e. The molecule has 0 saturated carbocycles. The number of methoxy groups -OCH3 is 1. The van der Waals surface area contributed by atoms with E-state index < -0.39 is 0 Å². The summed E-state index contributed by atoms with van der Waals surface area (Å²) < 4.78 is 10.3. The molecular formula is C14H17N3O2. The Morgan fingerprint density at radius 3 is 3.26 bits per heavy atom. The average Bonchev–Trinajstić information content (AvgIpc) is 2.93. The van der Waals surface area contributed by atoms with Crippen molar-refractivity contribution in [2.24, 2.45) is 0 Å². The second kappa shape index (κ2) is 5.40. The van der Waals surface area contributed by atoms with Crippen molar-refractivity contribution in [3.05, 3.63) is 29.6 Å². The first-order chi connectivity index (χ1) is 9.36. The van der Waals surface area contributed by atoms with Crippen LogP contribution in [0.4, 0.5) is 5.69 Å². The SMILES string of the molecule is COCCc1noc(-c2ccc3c(c2)CCCN3)n1. The molecule has 100 valence electrons. The second-order valence-electron chi connectivity index (χ2n) is 4.66. The van der Waals surface area contributed by atoms with E-state index in [4.69, 9.17) is 9.26 Å². The molecule has 1 aromatic carbocycles. The molecular weight excluding hydrogens is 242 g/mol. The Balaban J connectivity index is 1.83. The third-order valence-electron chi connectivity index (χ3n) is 3.29. The molecule has 0 amide bonds. The van der Waals surface area contributed by atoms with Crippen LogP contribution in [-0.4, -0.2) is 30.4 Å². The van der Waals surface area contributed by atoms with Gasteiger partial charge in [-0.3, -0.25) is 0 Å². The molecule has 5 heteroatoms. The Hall–Kier alpha value is -1.88. The summed E-state index contributed by atoms with van der Waals surface area (Å²) in [6.45, 7) is 1.65. The summed E-state index contributed by atoms with van der Waals surface area (Å²) >= 11 is 0. The summed E-state index contributed by atoms with van der Waals surface area (Å²) in [6.07, 6.45) is 2.94. The number of anilines is 1. The lowest BCUT2D eigenvalue weighted by Gasteiger charge is -2.17. The van der Waals surface area contributed by atoms with E-state index in [9.17, 15) is 0 Å². The molecule has 3 rings (SSSR count). The zero-order chi connectivity index (χ0) is 13.1. The van der Waals surface area contributed by atoms with Crippen LogP contribution in [0.25, 0.3) is 11.5 Å². The molecule has 0 spiro atoms. The van der Waals surface area contributed by atoms with Gasteiger partial charge in [0.1, 0.15) is 0 Å². The van der Waals surface area contributed by atoms with Crippen LogP contribution in [0.2, 0.25) is 0 Å². The van der Waals surface area contributed by atoms with Gasteiger partial charge in [0.05, 0.1) is 6.61 Å². The lowest BCUT2D eigenvalue weighted by atomic mass is 10.0. The molecule has 0 fully saturated rings. The summed E-state index contributed by atoms with van der Waals surface area (Å²) in [5, 5.41) is 7.35. The second-order valence-corrected chi connectivity index (χ2v) is 4.66. The van der Waals surface area contributed by atoms with Crippen LogP contribution in [0.3, 0.4) is 0 Å². The number of nitrogens with zero attached hydrogens (tertiary/aromatic N) is 2. The number of aromatic nitrogens is 2. The van der Waals surface area contributed by atoms with Crippen molar-refractivity contribution in [1.29, 1.82) is 0 Å². The number of benzene rings is 1. The lowest BCUT2D eigenvalue weighted by Crippen LogP contribution is -2.11. The molecule has 5 nitrogen and oxygen atoms in total. The molecule has 0 radical (unpaired) electrons. The van der Waals surface area contributed by atoms with Crippen LogP contribution in [0.1, 0.15) is 17.8 Å². The van der Waals surface area contributed by atoms with E-state index in [1.807, 2.05) is 6.07 Å². The molecule has 2 aromatic rings. The van der Waals surface area contributed by atoms with Gasteiger partial charge in [-0.2, -0.15) is 4.98 Å². The quantitative estimate of drug-likeness (QED) is 0.912. The lowest BCUT2D eigenvalue weighted by molar-refractivity contribution is 0.199. The average molecular weight is 259 g/mol. The third kappa shape index (κ3) is 2.61. The Morgan fingerprint density at radius 2 is 2.37 bits per heavy atom. The molecule has 0 bridgehead atoms. The summed E-state index contributed by atoms with van der Waals surface area (Å²) in [5.41, 5.74) is 3.52. The van der Waals surface area contributed by atoms with Crippen molar-refractivity contribution in [2.45, 2.75) is 19.3 Å². The zero-order valence-corrected chi connectivity index (χ0v) is 11.0. The normalized spacial score (nSPS) is 13.9. The Bertz CT molecular complexity index is 566. The van der Waals surface area contributed by atoms with Crippen LogP contribution in [0.5, 0.6) is 0 Å². The van der Waals surface area contributed by atoms with E-state index in [-0.39, 0.29) is 0 Å². The smallest absolute Gasteiger partial charge is 0.257 e. The fraction of sp³-hybridized carbons (Fsp3) is 0.429. The van der Waals surface area contributed by atoms with Crippen molar-refractivity contribution in [3.63, 3.8) is 0 Å². The van der Waals surface area contributed by atoms with Crippen molar-refractivity contribution in [3.8, 4) is 11.5 Å². The molecule has 19 heavy (non-hydrogen) atoms.